The van der Waals surface area contributed by atoms with Gasteiger partial charge >= 0.3 is 0 Å². The van der Waals surface area contributed by atoms with Crippen LogP contribution in [0.5, 0.6) is 5.75 Å². The molecule has 1 amide bonds. The molecule has 2 N–H and O–H groups in total. The molecular formula is C22H26N4O2. The van der Waals surface area contributed by atoms with E-state index >= 15 is 0 Å². The number of nitrogens with zero attached hydrogens (tertiary/aromatic N) is 2. The highest BCUT2D eigenvalue weighted by molar-refractivity contribution is 5.90. The van der Waals surface area contributed by atoms with Gasteiger partial charge in [-0.1, -0.05) is 12.1 Å². The number of benzene rings is 1. The standard InChI is InChI=1S/C22H26N4O2/c27-22(8-7-17-9-11-23-12-10-17)25-18-4-3-5-20(14-18)28-16-19-15-26-13-2-1-6-21(26)24-19/h1-6,13-15,17,23H,7-12,16H2,(H,25,27). The molecule has 28 heavy (non-hydrogen) atoms. The summed E-state index contributed by atoms with van der Waals surface area (Å²) in [4.78, 5) is 16.8. The summed E-state index contributed by atoms with van der Waals surface area (Å²) >= 11 is 0. The molecule has 146 valence electrons. The Morgan fingerprint density at radius 2 is 2.11 bits per heavy atom. The maximum atomic E-state index is 12.3. The molecule has 0 spiro atoms. The zero-order chi connectivity index (χ0) is 19.2. The lowest BCUT2D eigenvalue weighted by molar-refractivity contribution is -0.116. The van der Waals surface area contributed by atoms with E-state index in [0.717, 1.165) is 36.5 Å². The van der Waals surface area contributed by atoms with E-state index in [9.17, 15) is 4.79 Å². The normalized spacial score (nSPS) is 14.9. The van der Waals surface area contributed by atoms with Crippen molar-refractivity contribution in [3.05, 3.63) is 60.6 Å². The molecule has 0 atom stereocenters. The number of hydrogen-bond donors (Lipinski definition) is 2. The van der Waals surface area contributed by atoms with Crippen LogP contribution in [-0.2, 0) is 11.4 Å². The van der Waals surface area contributed by atoms with E-state index in [1.165, 1.54) is 12.8 Å². The number of imidazole rings is 1. The van der Waals surface area contributed by atoms with E-state index in [-0.39, 0.29) is 5.91 Å². The van der Waals surface area contributed by atoms with Crippen molar-refractivity contribution in [1.82, 2.24) is 14.7 Å². The Kier molecular flexibility index (Phi) is 5.87. The fraction of sp³-hybridized carbons (Fsp3) is 0.364. The van der Waals surface area contributed by atoms with Crippen LogP contribution in [0.15, 0.2) is 54.9 Å². The molecule has 0 radical (unpaired) electrons. The van der Waals surface area contributed by atoms with Crippen LogP contribution in [0.1, 0.15) is 31.4 Å². The van der Waals surface area contributed by atoms with Crippen LogP contribution in [0.25, 0.3) is 5.65 Å². The highest BCUT2D eigenvalue weighted by Gasteiger charge is 2.14. The first kappa shape index (κ1) is 18.5. The van der Waals surface area contributed by atoms with Crippen LogP contribution in [-0.4, -0.2) is 28.4 Å². The van der Waals surface area contributed by atoms with Gasteiger partial charge in [-0.25, -0.2) is 4.98 Å². The second-order valence-electron chi connectivity index (χ2n) is 7.30. The minimum Gasteiger partial charge on any atom is -0.487 e. The topological polar surface area (TPSA) is 67.7 Å². The van der Waals surface area contributed by atoms with E-state index in [4.69, 9.17) is 4.74 Å². The molecular weight excluding hydrogens is 352 g/mol. The number of hydrogen-bond acceptors (Lipinski definition) is 4. The van der Waals surface area contributed by atoms with Gasteiger partial charge in [0.1, 0.15) is 18.0 Å². The largest absolute Gasteiger partial charge is 0.487 e. The molecule has 3 aromatic rings. The molecule has 1 aliphatic rings. The van der Waals surface area contributed by atoms with Crippen LogP contribution < -0.4 is 15.4 Å². The summed E-state index contributed by atoms with van der Waals surface area (Å²) in [5.74, 6) is 1.44. The van der Waals surface area contributed by atoms with Gasteiger partial charge in [-0.05, 0) is 62.5 Å². The minimum atomic E-state index is 0.0658. The van der Waals surface area contributed by atoms with Crippen molar-refractivity contribution in [2.24, 2.45) is 5.92 Å². The maximum absolute atomic E-state index is 12.3. The highest BCUT2D eigenvalue weighted by Crippen LogP contribution is 2.21. The van der Waals surface area contributed by atoms with Crippen LogP contribution >= 0.6 is 0 Å². The van der Waals surface area contributed by atoms with Gasteiger partial charge in [-0.15, -0.1) is 0 Å². The zero-order valence-corrected chi connectivity index (χ0v) is 15.9. The van der Waals surface area contributed by atoms with Gasteiger partial charge in [0.05, 0.1) is 5.69 Å². The first-order valence-corrected chi connectivity index (χ1v) is 9.92. The molecule has 6 heteroatoms. The summed E-state index contributed by atoms with van der Waals surface area (Å²) in [6, 6.07) is 13.4. The molecule has 0 bridgehead atoms. The summed E-state index contributed by atoms with van der Waals surface area (Å²) in [5, 5.41) is 6.35. The number of piperidine rings is 1. The Balaban J connectivity index is 1.29. The Morgan fingerprint density at radius 1 is 1.21 bits per heavy atom. The average Bonchev–Trinajstić information content (AvgIpc) is 3.15. The Morgan fingerprint density at radius 3 is 2.96 bits per heavy atom. The molecule has 1 saturated heterocycles. The van der Waals surface area contributed by atoms with Gasteiger partial charge in [-0.2, -0.15) is 0 Å². The van der Waals surface area contributed by atoms with Gasteiger partial charge in [-0.3, -0.25) is 4.79 Å². The monoisotopic (exact) mass is 378 g/mol. The molecule has 1 fully saturated rings. The van der Waals surface area contributed by atoms with Crippen LogP contribution in [0.3, 0.4) is 0 Å². The van der Waals surface area contributed by atoms with E-state index in [0.29, 0.717) is 24.7 Å². The second kappa shape index (κ2) is 8.89. The van der Waals surface area contributed by atoms with Gasteiger partial charge in [0, 0.05) is 30.6 Å². The smallest absolute Gasteiger partial charge is 0.224 e. The molecule has 0 saturated carbocycles. The van der Waals surface area contributed by atoms with E-state index in [1.807, 2.05) is 59.3 Å². The second-order valence-corrected chi connectivity index (χ2v) is 7.30. The third kappa shape index (κ3) is 4.89. The Labute approximate surface area is 164 Å². The number of amides is 1. The van der Waals surface area contributed by atoms with Crippen molar-refractivity contribution in [2.75, 3.05) is 18.4 Å². The van der Waals surface area contributed by atoms with Crippen molar-refractivity contribution in [3.63, 3.8) is 0 Å². The average molecular weight is 378 g/mol. The minimum absolute atomic E-state index is 0.0658. The number of pyridine rings is 1. The number of carbonyl (C=O) groups is 1. The summed E-state index contributed by atoms with van der Waals surface area (Å²) < 4.78 is 7.83. The van der Waals surface area contributed by atoms with Crippen LogP contribution in [0, 0.1) is 5.92 Å². The summed E-state index contributed by atoms with van der Waals surface area (Å²) in [6.07, 6.45) is 7.78. The van der Waals surface area contributed by atoms with Gasteiger partial charge in [0.15, 0.2) is 0 Å². The van der Waals surface area contributed by atoms with Gasteiger partial charge in [0.25, 0.3) is 0 Å². The van der Waals surface area contributed by atoms with Crippen molar-refractivity contribution in [3.8, 4) is 5.75 Å². The molecule has 1 aliphatic heterocycles. The third-order valence-electron chi connectivity index (χ3n) is 5.16. The highest BCUT2D eigenvalue weighted by atomic mass is 16.5. The number of aromatic nitrogens is 2. The lowest BCUT2D eigenvalue weighted by atomic mass is 9.93. The lowest BCUT2D eigenvalue weighted by Gasteiger charge is -2.22. The summed E-state index contributed by atoms with van der Waals surface area (Å²) in [6.45, 7) is 2.52. The Bertz CT molecular complexity index is 898. The quantitative estimate of drug-likeness (QED) is 0.659. The molecule has 1 aromatic carbocycles. The van der Waals surface area contributed by atoms with Crippen molar-refractivity contribution in [2.45, 2.75) is 32.3 Å². The van der Waals surface area contributed by atoms with Gasteiger partial charge < -0.3 is 19.8 Å². The third-order valence-corrected chi connectivity index (χ3v) is 5.16. The first-order valence-electron chi connectivity index (χ1n) is 9.92. The number of nitrogens with one attached hydrogen (secondary N) is 2. The molecule has 6 nitrogen and oxygen atoms in total. The number of fused-ring (bicyclic) bond motifs is 1. The summed E-state index contributed by atoms with van der Waals surface area (Å²) in [7, 11) is 0. The predicted molar refractivity (Wildman–Crippen MR) is 109 cm³/mol. The van der Waals surface area contributed by atoms with E-state index in [2.05, 4.69) is 15.6 Å². The Hall–Kier alpha value is -2.86. The van der Waals surface area contributed by atoms with Crippen molar-refractivity contribution >= 4 is 17.2 Å². The molecule has 3 heterocycles. The number of carbonyl (C=O) groups excluding carboxylic acids is 1. The maximum Gasteiger partial charge on any atom is 0.224 e. The molecule has 4 rings (SSSR count). The lowest BCUT2D eigenvalue weighted by Crippen LogP contribution is -2.28. The molecule has 0 aliphatic carbocycles. The van der Waals surface area contributed by atoms with Crippen molar-refractivity contribution in [1.29, 1.82) is 0 Å². The summed E-state index contributed by atoms with van der Waals surface area (Å²) in [5.41, 5.74) is 2.53. The number of rotatable bonds is 7. The van der Waals surface area contributed by atoms with E-state index in [1.54, 1.807) is 0 Å². The fourth-order valence-corrected chi connectivity index (χ4v) is 3.61. The molecule has 2 aromatic heterocycles. The zero-order valence-electron chi connectivity index (χ0n) is 15.9. The van der Waals surface area contributed by atoms with E-state index < -0.39 is 0 Å². The van der Waals surface area contributed by atoms with Crippen molar-refractivity contribution < 1.29 is 9.53 Å². The SMILES string of the molecule is O=C(CCC1CCNCC1)Nc1cccc(OCc2cn3ccccc3n2)c1. The van der Waals surface area contributed by atoms with Crippen LogP contribution in [0.4, 0.5) is 5.69 Å². The van der Waals surface area contributed by atoms with Gasteiger partial charge in [0.2, 0.25) is 5.91 Å². The van der Waals surface area contributed by atoms with Crippen LogP contribution in [0.2, 0.25) is 0 Å². The fourth-order valence-electron chi connectivity index (χ4n) is 3.61. The first-order chi connectivity index (χ1) is 13.8. The molecule has 0 unspecified atom stereocenters. The number of anilines is 1. The number of ether oxygens (including phenoxy) is 1. The predicted octanol–water partition coefficient (Wildman–Crippen LogP) is 3.63.